The number of para-hydroxylation sites is 1. The van der Waals surface area contributed by atoms with Crippen molar-refractivity contribution in [3.8, 4) is 5.75 Å². The molecule has 3 aromatic carbocycles. The Morgan fingerprint density at radius 1 is 0.938 bits per heavy atom. The molecule has 2 N–H and O–H groups in total. The lowest BCUT2D eigenvalue weighted by Gasteiger charge is -2.20. The van der Waals surface area contributed by atoms with Crippen LogP contribution in [0.25, 0.3) is 0 Å². The van der Waals surface area contributed by atoms with E-state index in [-0.39, 0.29) is 17.9 Å². The van der Waals surface area contributed by atoms with Crippen LogP contribution in [0.5, 0.6) is 5.75 Å². The van der Waals surface area contributed by atoms with Gasteiger partial charge in [-0.05, 0) is 56.5 Å². The molecule has 0 heterocycles. The Kier molecular flexibility index (Phi) is 7.66. The second-order valence-corrected chi connectivity index (χ2v) is 7.92. The average molecular weight is 431 g/mol. The molecule has 2 atom stereocenters. The summed E-state index contributed by atoms with van der Waals surface area (Å²) in [6, 6.07) is 22.4. The molecule has 5 heteroatoms. The molecule has 0 aliphatic rings. The van der Waals surface area contributed by atoms with Crippen LogP contribution in [0.4, 0.5) is 5.69 Å². The monoisotopic (exact) mass is 430 g/mol. The maximum atomic E-state index is 13.0. The summed E-state index contributed by atoms with van der Waals surface area (Å²) in [5.41, 5.74) is 3.99. The molecule has 5 nitrogen and oxygen atoms in total. The molecule has 0 aliphatic carbocycles. The second-order valence-electron chi connectivity index (χ2n) is 7.92. The minimum absolute atomic E-state index is 0.163. The molecule has 0 bridgehead atoms. The van der Waals surface area contributed by atoms with Crippen LogP contribution in [0, 0.1) is 13.8 Å². The lowest BCUT2D eigenvalue weighted by Crippen LogP contribution is -2.34. The Bertz CT molecular complexity index is 1080. The molecule has 0 saturated heterocycles. The second kappa shape index (κ2) is 10.6. The summed E-state index contributed by atoms with van der Waals surface area (Å²) in [4.78, 5) is 25.9. The van der Waals surface area contributed by atoms with E-state index in [1.807, 2.05) is 76.2 Å². The SMILES string of the molecule is CC[C@@H](Oc1ccc(C)cc1C)C(=O)Nc1ccccc1C(=O)N[C@@H](C)c1ccccc1. The summed E-state index contributed by atoms with van der Waals surface area (Å²) in [7, 11) is 0. The summed E-state index contributed by atoms with van der Waals surface area (Å²) < 4.78 is 5.99. The highest BCUT2D eigenvalue weighted by molar-refractivity contribution is 6.04. The fraction of sp³-hybridized carbons (Fsp3) is 0.259. The maximum absolute atomic E-state index is 13.0. The summed E-state index contributed by atoms with van der Waals surface area (Å²) in [6.07, 6.45) is -0.172. The average Bonchev–Trinajstić information content (AvgIpc) is 2.79. The summed E-state index contributed by atoms with van der Waals surface area (Å²) in [5.74, 6) is 0.143. The van der Waals surface area contributed by atoms with Crippen LogP contribution in [0.2, 0.25) is 0 Å². The van der Waals surface area contributed by atoms with Crippen LogP contribution in [0.3, 0.4) is 0 Å². The van der Waals surface area contributed by atoms with Gasteiger partial charge in [-0.25, -0.2) is 0 Å². The van der Waals surface area contributed by atoms with E-state index in [0.29, 0.717) is 23.4 Å². The number of carbonyl (C=O) groups excluding carboxylic acids is 2. The Morgan fingerprint density at radius 2 is 1.62 bits per heavy atom. The minimum atomic E-state index is -0.671. The fourth-order valence-electron chi connectivity index (χ4n) is 3.51. The van der Waals surface area contributed by atoms with Crippen LogP contribution in [0.15, 0.2) is 72.8 Å². The van der Waals surface area contributed by atoms with Crippen molar-refractivity contribution in [2.45, 2.75) is 46.3 Å². The van der Waals surface area contributed by atoms with E-state index in [2.05, 4.69) is 10.6 Å². The third-order valence-corrected chi connectivity index (χ3v) is 5.34. The van der Waals surface area contributed by atoms with Gasteiger partial charge in [0, 0.05) is 0 Å². The number of ether oxygens (including phenoxy) is 1. The van der Waals surface area contributed by atoms with E-state index in [9.17, 15) is 9.59 Å². The maximum Gasteiger partial charge on any atom is 0.265 e. The van der Waals surface area contributed by atoms with Crippen molar-refractivity contribution < 1.29 is 14.3 Å². The van der Waals surface area contributed by atoms with Gasteiger partial charge in [-0.1, -0.05) is 67.1 Å². The van der Waals surface area contributed by atoms with Crippen molar-refractivity contribution >= 4 is 17.5 Å². The Balaban J connectivity index is 1.72. The number of rotatable bonds is 8. The summed E-state index contributed by atoms with van der Waals surface area (Å²) in [6.45, 7) is 7.80. The molecule has 0 radical (unpaired) electrons. The van der Waals surface area contributed by atoms with Crippen molar-refractivity contribution in [3.05, 3.63) is 95.1 Å². The van der Waals surface area contributed by atoms with Gasteiger partial charge in [-0.15, -0.1) is 0 Å². The van der Waals surface area contributed by atoms with Crippen molar-refractivity contribution in [1.29, 1.82) is 0 Å². The van der Waals surface area contributed by atoms with E-state index < -0.39 is 6.10 Å². The predicted octanol–water partition coefficient (Wildman–Crippen LogP) is 5.59. The third-order valence-electron chi connectivity index (χ3n) is 5.34. The fourth-order valence-corrected chi connectivity index (χ4v) is 3.51. The minimum Gasteiger partial charge on any atom is -0.480 e. The predicted molar refractivity (Wildman–Crippen MR) is 128 cm³/mol. The van der Waals surface area contributed by atoms with Crippen LogP contribution >= 0.6 is 0 Å². The quantitative estimate of drug-likeness (QED) is 0.489. The zero-order valence-electron chi connectivity index (χ0n) is 19.0. The zero-order chi connectivity index (χ0) is 23.1. The largest absolute Gasteiger partial charge is 0.480 e. The molecule has 3 aromatic rings. The highest BCUT2D eigenvalue weighted by atomic mass is 16.5. The zero-order valence-corrected chi connectivity index (χ0v) is 19.0. The molecule has 0 unspecified atom stereocenters. The highest BCUT2D eigenvalue weighted by Crippen LogP contribution is 2.23. The summed E-state index contributed by atoms with van der Waals surface area (Å²) >= 11 is 0. The molecule has 166 valence electrons. The smallest absolute Gasteiger partial charge is 0.265 e. The summed E-state index contributed by atoms with van der Waals surface area (Å²) in [5, 5.41) is 5.88. The lowest BCUT2D eigenvalue weighted by atomic mass is 10.1. The number of anilines is 1. The van der Waals surface area contributed by atoms with Crippen LogP contribution in [-0.2, 0) is 4.79 Å². The molecule has 3 rings (SSSR count). The number of aryl methyl sites for hydroxylation is 2. The molecule has 0 spiro atoms. The van der Waals surface area contributed by atoms with Crippen molar-refractivity contribution in [2.75, 3.05) is 5.32 Å². The topological polar surface area (TPSA) is 67.4 Å². The lowest BCUT2D eigenvalue weighted by molar-refractivity contribution is -0.122. The van der Waals surface area contributed by atoms with E-state index >= 15 is 0 Å². The molecular weight excluding hydrogens is 400 g/mol. The number of carbonyl (C=O) groups is 2. The van der Waals surface area contributed by atoms with Crippen LogP contribution in [0.1, 0.15) is 53.4 Å². The first-order chi connectivity index (χ1) is 15.4. The molecule has 0 saturated carbocycles. The van der Waals surface area contributed by atoms with Crippen LogP contribution in [-0.4, -0.2) is 17.9 Å². The van der Waals surface area contributed by atoms with Gasteiger partial charge in [0.05, 0.1) is 17.3 Å². The molecule has 0 aliphatic heterocycles. The molecular formula is C27H30N2O3. The Labute approximate surface area is 189 Å². The highest BCUT2D eigenvalue weighted by Gasteiger charge is 2.22. The van der Waals surface area contributed by atoms with Gasteiger partial charge in [0.25, 0.3) is 11.8 Å². The van der Waals surface area contributed by atoms with Crippen LogP contribution < -0.4 is 15.4 Å². The van der Waals surface area contributed by atoms with E-state index in [0.717, 1.165) is 16.7 Å². The molecule has 2 amide bonds. The van der Waals surface area contributed by atoms with Gasteiger partial charge >= 0.3 is 0 Å². The van der Waals surface area contributed by atoms with Gasteiger partial charge in [-0.2, -0.15) is 0 Å². The van der Waals surface area contributed by atoms with E-state index in [4.69, 9.17) is 4.74 Å². The molecule has 32 heavy (non-hydrogen) atoms. The van der Waals surface area contributed by atoms with E-state index in [1.54, 1.807) is 24.3 Å². The van der Waals surface area contributed by atoms with Gasteiger partial charge in [-0.3, -0.25) is 9.59 Å². The first-order valence-electron chi connectivity index (χ1n) is 10.9. The molecule has 0 aromatic heterocycles. The first kappa shape index (κ1) is 23.1. The van der Waals surface area contributed by atoms with Crippen molar-refractivity contribution in [1.82, 2.24) is 5.32 Å². The Morgan fingerprint density at radius 3 is 2.31 bits per heavy atom. The van der Waals surface area contributed by atoms with E-state index in [1.165, 1.54) is 0 Å². The van der Waals surface area contributed by atoms with Crippen molar-refractivity contribution in [2.24, 2.45) is 0 Å². The number of hydrogen-bond acceptors (Lipinski definition) is 3. The van der Waals surface area contributed by atoms with Gasteiger partial charge in [0.2, 0.25) is 0 Å². The number of benzene rings is 3. The number of hydrogen-bond donors (Lipinski definition) is 2. The normalized spacial score (nSPS) is 12.5. The van der Waals surface area contributed by atoms with Gasteiger partial charge < -0.3 is 15.4 Å². The standard InChI is InChI=1S/C27H30N2O3/c1-5-24(32-25-16-15-18(2)17-19(25)3)27(31)29-23-14-10-9-13-22(23)26(30)28-20(4)21-11-7-6-8-12-21/h6-17,20,24H,5H2,1-4H3,(H,28,30)(H,29,31)/t20-,24+/m0/s1. The van der Waals surface area contributed by atoms with Gasteiger partial charge in [0.1, 0.15) is 5.75 Å². The number of amides is 2. The van der Waals surface area contributed by atoms with Crippen molar-refractivity contribution in [3.63, 3.8) is 0 Å². The number of nitrogens with one attached hydrogen (secondary N) is 2. The first-order valence-corrected chi connectivity index (χ1v) is 10.9. The third kappa shape index (κ3) is 5.76. The Hall–Kier alpha value is -3.60. The molecule has 0 fully saturated rings. The van der Waals surface area contributed by atoms with Gasteiger partial charge in [0.15, 0.2) is 6.10 Å².